The molecule has 0 aromatic carbocycles. The van der Waals surface area contributed by atoms with Crippen LogP contribution in [0, 0.1) is 0 Å². The highest BCUT2D eigenvalue weighted by Crippen LogP contribution is 2.30. The second kappa shape index (κ2) is 3.37. The summed E-state index contributed by atoms with van der Waals surface area (Å²) in [5.41, 5.74) is -0.892. The van der Waals surface area contributed by atoms with Crippen LogP contribution in [0.2, 0.25) is 0 Å². The van der Waals surface area contributed by atoms with Gasteiger partial charge in [-0.25, -0.2) is 9.78 Å². The number of carbonyl (C=O) groups excluding carboxylic acids is 1. The number of isocyanates is 1. The highest BCUT2D eigenvalue weighted by Gasteiger charge is 2.30. The van der Waals surface area contributed by atoms with E-state index in [9.17, 15) is 18.0 Å². The Balaban J connectivity index is 3.12. The van der Waals surface area contributed by atoms with Gasteiger partial charge in [0.1, 0.15) is 0 Å². The fourth-order valence-electron chi connectivity index (χ4n) is 0.703. The lowest BCUT2D eigenvalue weighted by Gasteiger charge is -2.04. The van der Waals surface area contributed by atoms with Crippen LogP contribution < -0.4 is 0 Å². The first-order chi connectivity index (χ1) is 6.04. The second-order valence-corrected chi connectivity index (χ2v) is 2.10. The van der Waals surface area contributed by atoms with Gasteiger partial charge in [0.05, 0.1) is 5.56 Å². The summed E-state index contributed by atoms with van der Waals surface area (Å²) in [5.74, 6) is -0.301. The molecule has 0 spiro atoms. The van der Waals surface area contributed by atoms with Gasteiger partial charge in [0, 0.05) is 6.20 Å². The number of rotatable bonds is 1. The number of alkyl halides is 3. The highest BCUT2D eigenvalue weighted by atomic mass is 19.4. The molecule has 13 heavy (non-hydrogen) atoms. The molecule has 0 atom stereocenters. The maximum atomic E-state index is 12.0. The molecule has 0 fully saturated rings. The van der Waals surface area contributed by atoms with Gasteiger partial charge in [-0.1, -0.05) is 0 Å². The second-order valence-electron chi connectivity index (χ2n) is 2.10. The Labute approximate surface area is 70.9 Å². The van der Waals surface area contributed by atoms with Crippen LogP contribution in [0.25, 0.3) is 0 Å². The molecule has 1 aromatic rings. The third kappa shape index (κ3) is 2.38. The predicted molar refractivity (Wildman–Crippen MR) is 37.0 cm³/mol. The molecule has 0 unspecified atom stereocenters. The summed E-state index contributed by atoms with van der Waals surface area (Å²) in [7, 11) is 0. The van der Waals surface area contributed by atoms with Crippen molar-refractivity contribution in [3.8, 4) is 0 Å². The van der Waals surface area contributed by atoms with Gasteiger partial charge in [-0.3, -0.25) is 0 Å². The van der Waals surface area contributed by atoms with E-state index in [0.717, 1.165) is 18.3 Å². The minimum absolute atomic E-state index is 0.301. The summed E-state index contributed by atoms with van der Waals surface area (Å²) in [5, 5.41) is 0. The molecule has 0 radical (unpaired) electrons. The number of pyridine rings is 1. The van der Waals surface area contributed by atoms with E-state index in [1.807, 2.05) is 0 Å². The largest absolute Gasteiger partial charge is 0.416 e. The van der Waals surface area contributed by atoms with Gasteiger partial charge in [-0.15, -0.1) is 4.99 Å². The van der Waals surface area contributed by atoms with Crippen LogP contribution in [-0.4, -0.2) is 11.1 Å². The van der Waals surface area contributed by atoms with E-state index in [1.54, 1.807) is 0 Å². The molecular weight excluding hydrogens is 185 g/mol. The van der Waals surface area contributed by atoms with E-state index in [-0.39, 0.29) is 5.82 Å². The first-order valence-corrected chi connectivity index (χ1v) is 3.15. The van der Waals surface area contributed by atoms with Crippen molar-refractivity contribution in [2.45, 2.75) is 6.18 Å². The quantitative estimate of drug-likeness (QED) is 0.500. The first kappa shape index (κ1) is 9.41. The minimum atomic E-state index is -4.45. The molecule has 3 nitrogen and oxygen atoms in total. The van der Waals surface area contributed by atoms with E-state index in [0.29, 0.717) is 6.07 Å². The van der Waals surface area contributed by atoms with E-state index in [2.05, 4.69) is 9.98 Å². The SMILES string of the molecule is O=C=Nc1cc(C(F)(F)F)ccn1. The molecule has 0 N–H and O–H groups in total. The van der Waals surface area contributed by atoms with Crippen molar-refractivity contribution in [3.05, 3.63) is 23.9 Å². The Kier molecular flexibility index (Phi) is 2.44. The van der Waals surface area contributed by atoms with Crippen molar-refractivity contribution in [2.75, 3.05) is 0 Å². The third-order valence-electron chi connectivity index (χ3n) is 1.23. The van der Waals surface area contributed by atoms with E-state index >= 15 is 0 Å². The standard InChI is InChI=1S/C7H3F3N2O/c8-7(9,10)5-1-2-11-6(3-5)12-4-13/h1-3H. The number of hydrogen-bond donors (Lipinski definition) is 0. The Hall–Kier alpha value is -1.68. The summed E-state index contributed by atoms with van der Waals surface area (Å²) < 4.78 is 36.1. The topological polar surface area (TPSA) is 42.3 Å². The Morgan fingerprint density at radius 1 is 1.46 bits per heavy atom. The van der Waals surface area contributed by atoms with Gasteiger partial charge in [0.25, 0.3) is 0 Å². The Morgan fingerprint density at radius 2 is 2.15 bits per heavy atom. The van der Waals surface area contributed by atoms with E-state index < -0.39 is 11.7 Å². The van der Waals surface area contributed by atoms with E-state index in [4.69, 9.17) is 0 Å². The van der Waals surface area contributed by atoms with E-state index in [1.165, 1.54) is 0 Å². The summed E-state index contributed by atoms with van der Waals surface area (Å²) in [6, 6.07) is 1.47. The molecule has 0 amide bonds. The zero-order chi connectivity index (χ0) is 9.90. The van der Waals surface area contributed by atoms with Crippen molar-refractivity contribution >= 4 is 11.9 Å². The molecule has 1 heterocycles. The van der Waals surface area contributed by atoms with Crippen LogP contribution in [0.1, 0.15) is 5.56 Å². The lowest BCUT2D eigenvalue weighted by Crippen LogP contribution is -2.04. The van der Waals surface area contributed by atoms with Crippen LogP contribution in [0.3, 0.4) is 0 Å². The molecule has 68 valence electrons. The molecule has 0 aliphatic rings. The van der Waals surface area contributed by atoms with Gasteiger partial charge in [0.2, 0.25) is 6.08 Å². The van der Waals surface area contributed by atoms with Gasteiger partial charge in [-0.2, -0.15) is 13.2 Å². The zero-order valence-electron chi connectivity index (χ0n) is 6.17. The summed E-state index contributed by atoms with van der Waals surface area (Å²) in [4.78, 5) is 16.1. The molecule has 1 aromatic heterocycles. The number of nitrogens with zero attached hydrogens (tertiary/aromatic N) is 2. The molecule has 0 bridgehead atoms. The molecule has 0 aliphatic carbocycles. The number of aliphatic imine (C=N–C) groups is 1. The number of hydrogen-bond acceptors (Lipinski definition) is 3. The maximum Gasteiger partial charge on any atom is 0.416 e. The summed E-state index contributed by atoms with van der Waals surface area (Å²) in [6.07, 6.45) is -2.41. The molecule has 0 saturated heterocycles. The summed E-state index contributed by atoms with van der Waals surface area (Å²) in [6.45, 7) is 0. The highest BCUT2D eigenvalue weighted by molar-refractivity contribution is 5.45. The Morgan fingerprint density at radius 3 is 2.69 bits per heavy atom. The van der Waals surface area contributed by atoms with Crippen molar-refractivity contribution < 1.29 is 18.0 Å². The third-order valence-corrected chi connectivity index (χ3v) is 1.23. The van der Waals surface area contributed by atoms with Crippen molar-refractivity contribution in [1.29, 1.82) is 0 Å². The monoisotopic (exact) mass is 188 g/mol. The van der Waals surface area contributed by atoms with Gasteiger partial charge < -0.3 is 0 Å². The van der Waals surface area contributed by atoms with Crippen molar-refractivity contribution in [1.82, 2.24) is 4.98 Å². The molecule has 1 rings (SSSR count). The number of halogens is 3. The fraction of sp³-hybridized carbons (Fsp3) is 0.143. The zero-order valence-corrected chi connectivity index (χ0v) is 6.17. The van der Waals surface area contributed by atoms with Crippen molar-refractivity contribution in [3.63, 3.8) is 0 Å². The minimum Gasteiger partial charge on any atom is -0.236 e. The fourth-order valence-corrected chi connectivity index (χ4v) is 0.703. The molecule has 0 aliphatic heterocycles. The van der Waals surface area contributed by atoms with Gasteiger partial charge in [-0.05, 0) is 12.1 Å². The Bertz CT molecular complexity index is 355. The number of aromatic nitrogens is 1. The van der Waals surface area contributed by atoms with Gasteiger partial charge >= 0.3 is 6.18 Å². The lowest BCUT2D eigenvalue weighted by atomic mass is 10.2. The van der Waals surface area contributed by atoms with Crippen LogP contribution in [0.4, 0.5) is 19.0 Å². The average Bonchev–Trinajstić information content (AvgIpc) is 2.04. The maximum absolute atomic E-state index is 12.0. The van der Waals surface area contributed by atoms with Crippen LogP contribution in [-0.2, 0) is 11.0 Å². The smallest absolute Gasteiger partial charge is 0.236 e. The first-order valence-electron chi connectivity index (χ1n) is 3.15. The average molecular weight is 188 g/mol. The molecule has 6 heteroatoms. The predicted octanol–water partition coefficient (Wildman–Crippen LogP) is 2.07. The lowest BCUT2D eigenvalue weighted by molar-refractivity contribution is -0.137. The van der Waals surface area contributed by atoms with Crippen LogP contribution >= 0.6 is 0 Å². The van der Waals surface area contributed by atoms with Gasteiger partial charge in [0.15, 0.2) is 5.82 Å². The summed E-state index contributed by atoms with van der Waals surface area (Å²) >= 11 is 0. The van der Waals surface area contributed by atoms with Crippen LogP contribution in [0.15, 0.2) is 23.3 Å². The molecular formula is C7H3F3N2O. The molecule has 0 saturated carbocycles. The van der Waals surface area contributed by atoms with Crippen LogP contribution in [0.5, 0.6) is 0 Å². The normalized spacial score (nSPS) is 10.7. The van der Waals surface area contributed by atoms with Crippen molar-refractivity contribution in [2.24, 2.45) is 4.99 Å².